The van der Waals surface area contributed by atoms with Gasteiger partial charge in [-0.25, -0.2) is 0 Å². The zero-order chi connectivity index (χ0) is 24.3. The molecule has 1 aliphatic carbocycles. The summed E-state index contributed by atoms with van der Waals surface area (Å²) in [7, 11) is 0. The zero-order valence-corrected chi connectivity index (χ0v) is 21.0. The van der Waals surface area contributed by atoms with Crippen molar-refractivity contribution in [2.75, 3.05) is 5.32 Å². The minimum atomic E-state index is -0.631. The number of anilines is 1. The van der Waals surface area contributed by atoms with E-state index in [0.29, 0.717) is 22.7 Å². The van der Waals surface area contributed by atoms with Crippen LogP contribution < -0.4 is 10.6 Å². The molecule has 1 atom stereocenters. The van der Waals surface area contributed by atoms with E-state index in [1.807, 2.05) is 38.1 Å². The van der Waals surface area contributed by atoms with Crippen molar-refractivity contribution in [3.63, 3.8) is 0 Å². The van der Waals surface area contributed by atoms with Crippen LogP contribution in [0.1, 0.15) is 68.8 Å². The van der Waals surface area contributed by atoms with Gasteiger partial charge in [0.2, 0.25) is 11.0 Å². The Morgan fingerprint density at radius 3 is 2.18 bits per heavy atom. The van der Waals surface area contributed by atoms with Crippen LogP contribution in [0, 0.1) is 11.3 Å². The van der Waals surface area contributed by atoms with Gasteiger partial charge in [0.1, 0.15) is 5.51 Å². The molecule has 1 aromatic heterocycles. The summed E-state index contributed by atoms with van der Waals surface area (Å²) in [5, 5.41) is 14.2. The number of hydrogen-bond donors (Lipinski definition) is 2. The van der Waals surface area contributed by atoms with Crippen molar-refractivity contribution in [3.05, 3.63) is 65.2 Å². The van der Waals surface area contributed by atoms with Gasteiger partial charge >= 0.3 is 0 Å². The van der Waals surface area contributed by atoms with Gasteiger partial charge in [-0.05, 0) is 59.9 Å². The number of nitrogens with zero attached hydrogens (tertiary/aromatic N) is 2. The summed E-state index contributed by atoms with van der Waals surface area (Å²) in [5.41, 5.74) is 4.94. The number of carbonyl (C=O) groups excluding carboxylic acids is 2. The summed E-state index contributed by atoms with van der Waals surface area (Å²) in [6.07, 6.45) is 3.05. The maximum absolute atomic E-state index is 13.2. The molecule has 1 fully saturated rings. The molecule has 0 spiro atoms. The Labute approximate surface area is 205 Å². The minimum Gasteiger partial charge on any atom is -0.349 e. The zero-order valence-electron chi connectivity index (χ0n) is 20.2. The van der Waals surface area contributed by atoms with Crippen molar-refractivity contribution in [2.45, 2.75) is 58.9 Å². The summed E-state index contributed by atoms with van der Waals surface area (Å²) >= 11 is 1.32. The summed E-state index contributed by atoms with van der Waals surface area (Å²) in [5.74, 6) is 0.421. The van der Waals surface area contributed by atoms with Gasteiger partial charge in [-0.3, -0.25) is 9.59 Å². The monoisotopic (exact) mass is 476 g/mol. The fraction of sp³-hybridized carbons (Fsp3) is 0.407. The van der Waals surface area contributed by atoms with E-state index < -0.39 is 5.41 Å². The van der Waals surface area contributed by atoms with E-state index in [1.54, 1.807) is 5.51 Å². The van der Waals surface area contributed by atoms with Crippen molar-refractivity contribution in [1.29, 1.82) is 0 Å². The molecule has 0 bridgehead atoms. The van der Waals surface area contributed by atoms with Crippen LogP contribution in [0.15, 0.2) is 54.0 Å². The largest absolute Gasteiger partial charge is 0.349 e. The average molecular weight is 477 g/mol. The lowest BCUT2D eigenvalue weighted by Crippen LogP contribution is -2.37. The maximum atomic E-state index is 13.2. The second-order valence-corrected chi connectivity index (χ2v) is 10.9. The van der Waals surface area contributed by atoms with Gasteiger partial charge in [-0.2, -0.15) is 0 Å². The molecule has 6 nitrogen and oxygen atoms in total. The first kappa shape index (κ1) is 24.1. The molecule has 4 rings (SSSR count). The molecule has 1 aliphatic rings. The van der Waals surface area contributed by atoms with E-state index in [9.17, 15) is 9.59 Å². The number of amides is 2. The normalized spacial score (nSPS) is 14.6. The number of aromatic nitrogens is 2. The van der Waals surface area contributed by atoms with E-state index in [4.69, 9.17) is 0 Å². The van der Waals surface area contributed by atoms with Gasteiger partial charge in [0, 0.05) is 11.6 Å². The SMILES string of the molecule is CC(C)CC(c1ccc(-c2ccc(C(=O)NC3CC3)cc2)cc1)C(C)(C)C(=O)Nc1nncs1. The lowest BCUT2D eigenvalue weighted by molar-refractivity contribution is -0.125. The van der Waals surface area contributed by atoms with Gasteiger partial charge in [0.25, 0.3) is 5.91 Å². The summed E-state index contributed by atoms with van der Waals surface area (Å²) in [6, 6.07) is 16.5. The average Bonchev–Trinajstić information content (AvgIpc) is 3.49. The molecule has 2 amide bonds. The van der Waals surface area contributed by atoms with Crippen molar-refractivity contribution in [3.8, 4) is 11.1 Å². The van der Waals surface area contributed by atoms with Crippen LogP contribution in [0.2, 0.25) is 0 Å². The van der Waals surface area contributed by atoms with Crippen LogP contribution in [0.5, 0.6) is 0 Å². The molecule has 1 heterocycles. The van der Waals surface area contributed by atoms with Crippen LogP contribution in [-0.4, -0.2) is 28.1 Å². The Bertz CT molecular complexity index is 1120. The third kappa shape index (κ3) is 5.70. The van der Waals surface area contributed by atoms with E-state index >= 15 is 0 Å². The van der Waals surface area contributed by atoms with Gasteiger partial charge < -0.3 is 10.6 Å². The van der Waals surface area contributed by atoms with Gasteiger partial charge in [0.15, 0.2) is 0 Å². The number of nitrogens with one attached hydrogen (secondary N) is 2. The maximum Gasteiger partial charge on any atom is 0.251 e. The highest BCUT2D eigenvalue weighted by Crippen LogP contribution is 2.41. The highest BCUT2D eigenvalue weighted by molar-refractivity contribution is 7.13. The number of carbonyl (C=O) groups is 2. The smallest absolute Gasteiger partial charge is 0.251 e. The molecule has 2 N–H and O–H groups in total. The third-order valence-corrected chi connectivity index (χ3v) is 7.06. The van der Waals surface area contributed by atoms with E-state index in [-0.39, 0.29) is 17.7 Å². The topological polar surface area (TPSA) is 84.0 Å². The highest BCUT2D eigenvalue weighted by atomic mass is 32.1. The molecule has 0 aliphatic heterocycles. The Kier molecular flexibility index (Phi) is 7.12. The molecular formula is C27H32N4O2S. The first-order chi connectivity index (χ1) is 16.2. The molecule has 2 aromatic carbocycles. The Morgan fingerprint density at radius 1 is 1.03 bits per heavy atom. The Morgan fingerprint density at radius 2 is 1.65 bits per heavy atom. The number of benzene rings is 2. The second kappa shape index (κ2) is 10.1. The first-order valence-electron chi connectivity index (χ1n) is 11.8. The van der Waals surface area contributed by atoms with Crippen LogP contribution in [0.3, 0.4) is 0 Å². The minimum absolute atomic E-state index is 0.00466. The Hall–Kier alpha value is -3.06. The molecule has 34 heavy (non-hydrogen) atoms. The summed E-state index contributed by atoms with van der Waals surface area (Å²) in [6.45, 7) is 8.35. The van der Waals surface area contributed by atoms with Crippen LogP contribution in [0.25, 0.3) is 11.1 Å². The quantitative estimate of drug-likeness (QED) is 0.403. The fourth-order valence-corrected chi connectivity index (χ4v) is 4.62. The molecule has 1 saturated carbocycles. The van der Waals surface area contributed by atoms with Gasteiger partial charge in [0.05, 0.1) is 5.41 Å². The second-order valence-electron chi connectivity index (χ2n) is 10.0. The van der Waals surface area contributed by atoms with Crippen LogP contribution in [-0.2, 0) is 4.79 Å². The summed E-state index contributed by atoms with van der Waals surface area (Å²) in [4.78, 5) is 25.4. The predicted molar refractivity (Wildman–Crippen MR) is 137 cm³/mol. The number of rotatable bonds is 9. The van der Waals surface area contributed by atoms with Crippen molar-refractivity contribution in [1.82, 2.24) is 15.5 Å². The predicted octanol–water partition coefficient (Wildman–Crippen LogP) is 5.89. The standard InChI is InChI=1S/C27H32N4O2S/c1-17(2)15-23(27(3,4)25(33)30-26-31-28-16-34-26)20-9-5-18(6-10-20)19-7-11-21(12-8-19)24(32)29-22-13-14-22/h5-12,16-17,22-23H,13-15H2,1-4H3,(H,29,32)(H,30,31,33). The third-order valence-electron chi connectivity index (χ3n) is 6.45. The van der Waals surface area contributed by atoms with Crippen LogP contribution >= 0.6 is 11.3 Å². The molecule has 178 valence electrons. The van der Waals surface area contributed by atoms with Crippen molar-refractivity contribution >= 4 is 28.3 Å². The molecule has 1 unspecified atom stereocenters. The van der Waals surface area contributed by atoms with Crippen molar-refractivity contribution < 1.29 is 9.59 Å². The Balaban J connectivity index is 1.51. The molecular weight excluding hydrogens is 444 g/mol. The van der Waals surface area contributed by atoms with E-state index in [2.05, 4.69) is 58.9 Å². The number of hydrogen-bond acceptors (Lipinski definition) is 5. The molecule has 0 saturated heterocycles. The first-order valence-corrected chi connectivity index (χ1v) is 12.7. The van der Waals surface area contributed by atoms with Gasteiger partial charge in [-0.1, -0.05) is 75.4 Å². The molecule has 3 aromatic rings. The van der Waals surface area contributed by atoms with E-state index in [1.165, 1.54) is 11.3 Å². The molecule has 0 radical (unpaired) electrons. The van der Waals surface area contributed by atoms with Crippen molar-refractivity contribution in [2.24, 2.45) is 11.3 Å². The summed E-state index contributed by atoms with van der Waals surface area (Å²) < 4.78 is 0. The van der Waals surface area contributed by atoms with Crippen LogP contribution in [0.4, 0.5) is 5.13 Å². The molecule has 7 heteroatoms. The van der Waals surface area contributed by atoms with Gasteiger partial charge in [-0.15, -0.1) is 10.2 Å². The fourth-order valence-electron chi connectivity index (χ4n) is 4.18. The van der Waals surface area contributed by atoms with E-state index in [0.717, 1.165) is 36.0 Å². The lowest BCUT2D eigenvalue weighted by Gasteiger charge is -2.34. The highest BCUT2D eigenvalue weighted by Gasteiger charge is 2.38. The lowest BCUT2D eigenvalue weighted by atomic mass is 9.70.